The van der Waals surface area contributed by atoms with Gasteiger partial charge in [0.25, 0.3) is 5.91 Å². The number of aromatic nitrogens is 2. The van der Waals surface area contributed by atoms with Crippen molar-refractivity contribution in [3.8, 4) is 0 Å². The summed E-state index contributed by atoms with van der Waals surface area (Å²) in [5, 5.41) is 3.25. The van der Waals surface area contributed by atoms with Crippen LogP contribution >= 0.6 is 0 Å². The van der Waals surface area contributed by atoms with Crippen molar-refractivity contribution in [2.75, 3.05) is 5.32 Å². The molecule has 1 N–H and O–H groups in total. The second-order valence-electron chi connectivity index (χ2n) is 4.76. The number of rotatable bonds is 2. The van der Waals surface area contributed by atoms with Gasteiger partial charge in [-0.05, 0) is 24.3 Å². The van der Waals surface area contributed by atoms with Gasteiger partial charge in [-0.3, -0.25) is 9.78 Å². The Bertz CT molecular complexity index is 878. The van der Waals surface area contributed by atoms with Gasteiger partial charge in [-0.25, -0.2) is 4.98 Å². The maximum Gasteiger partial charge on any atom is 0.418 e. The minimum absolute atomic E-state index is 0.179. The van der Waals surface area contributed by atoms with Gasteiger partial charge >= 0.3 is 6.18 Å². The highest BCUT2D eigenvalue weighted by atomic mass is 19.4. The lowest BCUT2D eigenvalue weighted by Crippen LogP contribution is -2.19. The smallest absolute Gasteiger partial charge is 0.307 e. The van der Waals surface area contributed by atoms with E-state index in [2.05, 4.69) is 15.3 Å². The van der Waals surface area contributed by atoms with E-state index in [9.17, 15) is 18.0 Å². The van der Waals surface area contributed by atoms with Gasteiger partial charge in [-0.15, -0.1) is 0 Å². The number of nitrogens with zero attached hydrogens (tertiary/aromatic N) is 2. The van der Waals surface area contributed by atoms with E-state index in [0.29, 0.717) is 11.7 Å². The van der Waals surface area contributed by atoms with Crippen LogP contribution in [0.1, 0.15) is 15.9 Å². The minimum Gasteiger partial charge on any atom is -0.307 e. The number of hydrogen-bond donors (Lipinski definition) is 1. The summed E-state index contributed by atoms with van der Waals surface area (Å²) >= 11 is 0. The summed E-state index contributed by atoms with van der Waals surface area (Å²) in [7, 11) is 0. The zero-order valence-electron chi connectivity index (χ0n) is 11.6. The molecular formula is C16H10F3N3O. The monoisotopic (exact) mass is 317 g/mol. The largest absolute Gasteiger partial charge is 0.418 e. The standard InChI is InChI=1S/C16H10F3N3O/c17-16(18,19)12-9-20-8-7-11(12)15(23)22-14-6-5-10-3-1-2-4-13(10)21-14/h1-9H,(H,21,22,23). The molecular weight excluding hydrogens is 307 g/mol. The van der Waals surface area contributed by atoms with E-state index >= 15 is 0 Å². The highest BCUT2D eigenvalue weighted by Gasteiger charge is 2.35. The number of anilines is 1. The molecule has 116 valence electrons. The maximum absolute atomic E-state index is 12.9. The fraction of sp³-hybridized carbons (Fsp3) is 0.0625. The summed E-state index contributed by atoms with van der Waals surface area (Å²) in [6, 6.07) is 11.5. The third kappa shape index (κ3) is 3.13. The Labute approximate surface area is 129 Å². The maximum atomic E-state index is 12.9. The van der Waals surface area contributed by atoms with Crippen molar-refractivity contribution < 1.29 is 18.0 Å². The molecule has 3 rings (SSSR count). The number of alkyl halides is 3. The number of benzene rings is 1. The SMILES string of the molecule is O=C(Nc1ccc2ccccc2n1)c1ccncc1C(F)(F)F. The van der Waals surface area contributed by atoms with E-state index in [1.54, 1.807) is 18.2 Å². The van der Waals surface area contributed by atoms with E-state index in [1.807, 2.05) is 12.1 Å². The van der Waals surface area contributed by atoms with Crippen LogP contribution in [-0.4, -0.2) is 15.9 Å². The Kier molecular flexibility index (Phi) is 3.69. The lowest BCUT2D eigenvalue weighted by Gasteiger charge is -2.12. The summed E-state index contributed by atoms with van der Waals surface area (Å²) in [6.07, 6.45) is -2.89. The molecule has 3 aromatic rings. The van der Waals surface area contributed by atoms with Crippen molar-refractivity contribution in [1.82, 2.24) is 9.97 Å². The van der Waals surface area contributed by atoms with Gasteiger partial charge in [0, 0.05) is 17.8 Å². The predicted molar refractivity (Wildman–Crippen MR) is 78.9 cm³/mol. The number of amides is 1. The number of halogens is 3. The van der Waals surface area contributed by atoms with Crippen LogP contribution in [0.25, 0.3) is 10.9 Å². The molecule has 4 nitrogen and oxygen atoms in total. The van der Waals surface area contributed by atoms with Gasteiger partial charge in [0.15, 0.2) is 0 Å². The molecule has 0 aliphatic rings. The Balaban J connectivity index is 1.92. The van der Waals surface area contributed by atoms with Crippen molar-refractivity contribution >= 4 is 22.6 Å². The fourth-order valence-electron chi connectivity index (χ4n) is 2.14. The van der Waals surface area contributed by atoms with Crippen molar-refractivity contribution in [2.45, 2.75) is 6.18 Å². The molecule has 23 heavy (non-hydrogen) atoms. The molecule has 2 aromatic heterocycles. The van der Waals surface area contributed by atoms with Gasteiger partial charge in [-0.1, -0.05) is 18.2 Å². The molecule has 0 aliphatic heterocycles. The number of carbonyl (C=O) groups is 1. The lowest BCUT2D eigenvalue weighted by atomic mass is 10.1. The number of nitrogens with one attached hydrogen (secondary N) is 1. The molecule has 7 heteroatoms. The van der Waals surface area contributed by atoms with Gasteiger partial charge in [0.1, 0.15) is 5.82 Å². The number of carbonyl (C=O) groups excluding carboxylic acids is 1. The predicted octanol–water partition coefficient (Wildman–Crippen LogP) is 3.90. The first-order valence-electron chi connectivity index (χ1n) is 6.63. The molecule has 0 saturated heterocycles. The van der Waals surface area contributed by atoms with E-state index < -0.39 is 23.2 Å². The first kappa shape index (κ1) is 15.0. The Morgan fingerprint density at radius 1 is 1.04 bits per heavy atom. The molecule has 0 saturated carbocycles. The normalized spacial score (nSPS) is 11.4. The average Bonchev–Trinajstić information content (AvgIpc) is 2.54. The summed E-state index contributed by atoms with van der Waals surface area (Å²) in [5.41, 5.74) is -0.947. The molecule has 0 fully saturated rings. The zero-order valence-corrected chi connectivity index (χ0v) is 11.6. The van der Waals surface area contributed by atoms with E-state index in [-0.39, 0.29) is 5.82 Å². The zero-order chi connectivity index (χ0) is 16.4. The van der Waals surface area contributed by atoms with E-state index in [1.165, 1.54) is 6.07 Å². The van der Waals surface area contributed by atoms with Crippen molar-refractivity contribution in [1.29, 1.82) is 0 Å². The fourth-order valence-corrected chi connectivity index (χ4v) is 2.14. The van der Waals surface area contributed by atoms with Gasteiger partial charge in [0.2, 0.25) is 0 Å². The second kappa shape index (κ2) is 5.68. The van der Waals surface area contributed by atoms with Gasteiger partial charge in [0.05, 0.1) is 16.6 Å². The third-order valence-corrected chi connectivity index (χ3v) is 3.21. The van der Waals surface area contributed by atoms with Crippen LogP contribution in [-0.2, 0) is 6.18 Å². The van der Waals surface area contributed by atoms with Crippen LogP contribution in [0, 0.1) is 0 Å². The Hall–Kier alpha value is -2.96. The molecule has 0 bridgehead atoms. The molecule has 2 heterocycles. The molecule has 0 aliphatic carbocycles. The number of para-hydroxylation sites is 1. The van der Waals surface area contributed by atoms with Gasteiger partial charge in [-0.2, -0.15) is 13.2 Å². The lowest BCUT2D eigenvalue weighted by molar-refractivity contribution is -0.138. The van der Waals surface area contributed by atoms with E-state index in [4.69, 9.17) is 0 Å². The first-order valence-corrected chi connectivity index (χ1v) is 6.63. The molecule has 0 atom stereocenters. The third-order valence-electron chi connectivity index (χ3n) is 3.21. The van der Waals surface area contributed by atoms with Crippen LogP contribution in [0.2, 0.25) is 0 Å². The van der Waals surface area contributed by atoms with Crippen LogP contribution < -0.4 is 5.32 Å². The highest BCUT2D eigenvalue weighted by Crippen LogP contribution is 2.31. The Morgan fingerprint density at radius 2 is 1.83 bits per heavy atom. The van der Waals surface area contributed by atoms with Crippen LogP contribution in [0.4, 0.5) is 19.0 Å². The van der Waals surface area contributed by atoms with Crippen LogP contribution in [0.15, 0.2) is 54.9 Å². The first-order chi connectivity index (χ1) is 10.9. The van der Waals surface area contributed by atoms with Crippen molar-refractivity contribution in [2.24, 2.45) is 0 Å². The molecule has 1 amide bonds. The van der Waals surface area contributed by atoms with Gasteiger partial charge < -0.3 is 5.32 Å². The minimum atomic E-state index is -4.66. The number of pyridine rings is 2. The number of hydrogen-bond acceptors (Lipinski definition) is 3. The molecule has 1 aromatic carbocycles. The molecule has 0 unspecified atom stereocenters. The average molecular weight is 317 g/mol. The van der Waals surface area contributed by atoms with Crippen LogP contribution in [0.3, 0.4) is 0 Å². The summed E-state index contributed by atoms with van der Waals surface area (Å²) in [4.78, 5) is 19.8. The van der Waals surface area contributed by atoms with E-state index in [0.717, 1.165) is 17.6 Å². The highest BCUT2D eigenvalue weighted by molar-refractivity contribution is 6.05. The molecule has 0 radical (unpaired) electrons. The number of fused-ring (bicyclic) bond motifs is 1. The van der Waals surface area contributed by atoms with Crippen molar-refractivity contribution in [3.05, 3.63) is 66.0 Å². The Morgan fingerprint density at radius 3 is 2.61 bits per heavy atom. The topological polar surface area (TPSA) is 54.9 Å². The van der Waals surface area contributed by atoms with Crippen LogP contribution in [0.5, 0.6) is 0 Å². The quantitative estimate of drug-likeness (QED) is 0.780. The molecule has 0 spiro atoms. The second-order valence-corrected chi connectivity index (χ2v) is 4.76. The summed E-state index contributed by atoms with van der Waals surface area (Å²) in [5.74, 6) is -0.707. The summed E-state index contributed by atoms with van der Waals surface area (Å²) < 4.78 is 38.8. The van der Waals surface area contributed by atoms with Crippen molar-refractivity contribution in [3.63, 3.8) is 0 Å². The summed E-state index contributed by atoms with van der Waals surface area (Å²) in [6.45, 7) is 0.